The number of hydrogen-bond donors (Lipinski definition) is 0. The zero-order chi connectivity index (χ0) is 12.4. The van der Waals surface area contributed by atoms with Gasteiger partial charge in [-0.3, -0.25) is 4.79 Å². The first-order valence-corrected chi connectivity index (χ1v) is 4.97. The van der Waals surface area contributed by atoms with Crippen molar-refractivity contribution in [2.75, 3.05) is 0 Å². The summed E-state index contributed by atoms with van der Waals surface area (Å²) in [6.07, 6.45) is 0. The average molecular weight is 252 g/mol. The number of aromatic carboxylic acids is 1. The summed E-state index contributed by atoms with van der Waals surface area (Å²) in [4.78, 5) is 22.1. The maximum absolute atomic E-state index is 11.4. The molecule has 2 aromatic rings. The summed E-state index contributed by atoms with van der Waals surface area (Å²) in [6.45, 7) is 1.68. The van der Waals surface area contributed by atoms with E-state index in [1.165, 1.54) is 10.7 Å². The Balaban J connectivity index is 0.00000162. The number of carbonyl (C=O) groups excluding carboxylic acids is 1. The minimum Gasteiger partial charge on any atom is -0.543 e. The zero-order valence-electron chi connectivity index (χ0n) is 10.1. The molecule has 6 heteroatoms. The van der Waals surface area contributed by atoms with Crippen molar-refractivity contribution in [3.05, 3.63) is 58.0 Å². The predicted molar refractivity (Wildman–Crippen MR) is 58.9 cm³/mol. The number of aryl methyl sites for hydroxylation is 1. The minimum atomic E-state index is -1.57. The fourth-order valence-corrected chi connectivity index (χ4v) is 1.52. The zero-order valence-corrected chi connectivity index (χ0v) is 12.1. The SMILES string of the molecule is Cc1cc(=O)c(C(=O)[O-])nn1-c1ccccc1.[Na+]. The fraction of sp³-hybridized carbons (Fsp3) is 0.0833. The molecular formula is C12H9N2NaO3. The van der Waals surface area contributed by atoms with Gasteiger partial charge in [-0.15, -0.1) is 0 Å². The fourth-order valence-electron chi connectivity index (χ4n) is 1.52. The van der Waals surface area contributed by atoms with Gasteiger partial charge in [-0.2, -0.15) is 5.10 Å². The molecule has 0 aliphatic carbocycles. The molecule has 0 unspecified atom stereocenters. The summed E-state index contributed by atoms with van der Waals surface area (Å²) in [6, 6.07) is 10.2. The van der Waals surface area contributed by atoms with Gasteiger partial charge in [0.1, 0.15) is 0 Å². The second-order valence-electron chi connectivity index (χ2n) is 3.53. The maximum atomic E-state index is 11.4. The van der Waals surface area contributed by atoms with Gasteiger partial charge in [0, 0.05) is 11.8 Å². The van der Waals surface area contributed by atoms with E-state index in [9.17, 15) is 14.7 Å². The van der Waals surface area contributed by atoms with Crippen molar-refractivity contribution in [1.82, 2.24) is 9.78 Å². The molecule has 0 fully saturated rings. The number of aromatic nitrogens is 2. The largest absolute Gasteiger partial charge is 1.00 e. The van der Waals surface area contributed by atoms with Crippen LogP contribution in [0.15, 0.2) is 41.2 Å². The van der Waals surface area contributed by atoms with Crippen LogP contribution in [0.25, 0.3) is 5.69 Å². The Labute approximate surface area is 125 Å². The van der Waals surface area contributed by atoms with Crippen LogP contribution in [0.3, 0.4) is 0 Å². The third kappa shape index (κ3) is 2.87. The normalized spacial score (nSPS) is 9.61. The van der Waals surface area contributed by atoms with Crippen molar-refractivity contribution in [3.63, 3.8) is 0 Å². The van der Waals surface area contributed by atoms with Crippen molar-refractivity contribution in [1.29, 1.82) is 0 Å². The van der Waals surface area contributed by atoms with Crippen molar-refractivity contribution in [2.24, 2.45) is 0 Å². The van der Waals surface area contributed by atoms with Crippen molar-refractivity contribution in [3.8, 4) is 5.69 Å². The van der Waals surface area contributed by atoms with Crippen LogP contribution in [-0.4, -0.2) is 15.7 Å². The molecule has 18 heavy (non-hydrogen) atoms. The molecule has 1 heterocycles. The van der Waals surface area contributed by atoms with Crippen molar-refractivity contribution in [2.45, 2.75) is 6.92 Å². The molecule has 0 atom stereocenters. The van der Waals surface area contributed by atoms with Crippen LogP contribution < -0.4 is 40.1 Å². The van der Waals surface area contributed by atoms with Crippen LogP contribution in [0.4, 0.5) is 0 Å². The smallest absolute Gasteiger partial charge is 0.543 e. The molecule has 0 bridgehead atoms. The van der Waals surface area contributed by atoms with Gasteiger partial charge < -0.3 is 9.90 Å². The van der Waals surface area contributed by atoms with E-state index in [-0.39, 0.29) is 29.6 Å². The van der Waals surface area contributed by atoms with E-state index in [4.69, 9.17) is 0 Å². The number of benzene rings is 1. The number of carbonyl (C=O) groups is 1. The van der Waals surface area contributed by atoms with Gasteiger partial charge in [0.25, 0.3) is 0 Å². The van der Waals surface area contributed by atoms with E-state index in [0.29, 0.717) is 11.4 Å². The predicted octanol–water partition coefficient (Wildman–Crippen LogP) is -3.09. The summed E-state index contributed by atoms with van der Waals surface area (Å²) in [5.74, 6) is -1.57. The van der Waals surface area contributed by atoms with Crippen LogP contribution in [0.5, 0.6) is 0 Å². The Morgan fingerprint density at radius 1 is 1.28 bits per heavy atom. The quantitative estimate of drug-likeness (QED) is 0.531. The number of carboxylic acids is 1. The topological polar surface area (TPSA) is 75.0 Å². The molecular weight excluding hydrogens is 243 g/mol. The molecule has 0 N–H and O–H groups in total. The van der Waals surface area contributed by atoms with Gasteiger partial charge >= 0.3 is 29.6 Å². The molecule has 1 aromatic carbocycles. The number of rotatable bonds is 2. The third-order valence-corrected chi connectivity index (χ3v) is 2.30. The van der Waals surface area contributed by atoms with Gasteiger partial charge in [-0.25, -0.2) is 4.68 Å². The molecule has 0 aliphatic rings. The Bertz CT molecular complexity index is 623. The van der Waals surface area contributed by atoms with E-state index in [1.54, 1.807) is 31.2 Å². The van der Waals surface area contributed by atoms with Gasteiger partial charge in [-0.05, 0) is 19.1 Å². The van der Waals surface area contributed by atoms with Gasteiger partial charge in [-0.1, -0.05) is 18.2 Å². The first-order valence-electron chi connectivity index (χ1n) is 4.97. The Kier molecular flexibility index (Phi) is 4.84. The maximum Gasteiger partial charge on any atom is 1.00 e. The monoisotopic (exact) mass is 252 g/mol. The molecule has 0 radical (unpaired) electrons. The molecule has 0 aliphatic heterocycles. The standard InChI is InChI=1S/C12H10N2O3.Na/c1-8-7-10(15)11(12(16)17)13-14(8)9-5-3-2-4-6-9;/h2-7H,1H3,(H,16,17);/q;+1/p-1. The first-order chi connectivity index (χ1) is 8.09. The molecule has 86 valence electrons. The van der Waals surface area contributed by atoms with Crippen LogP contribution >= 0.6 is 0 Å². The Morgan fingerprint density at radius 2 is 1.89 bits per heavy atom. The van der Waals surface area contributed by atoms with Gasteiger partial charge in [0.2, 0.25) is 5.43 Å². The van der Waals surface area contributed by atoms with Crippen LogP contribution in [0, 0.1) is 6.92 Å². The second kappa shape index (κ2) is 5.95. The number of nitrogens with zero attached hydrogens (tertiary/aromatic N) is 2. The van der Waals surface area contributed by atoms with E-state index in [2.05, 4.69) is 5.10 Å². The summed E-state index contributed by atoms with van der Waals surface area (Å²) in [5.41, 5.74) is 0.0211. The summed E-state index contributed by atoms with van der Waals surface area (Å²) in [5, 5.41) is 14.5. The van der Waals surface area contributed by atoms with E-state index >= 15 is 0 Å². The van der Waals surface area contributed by atoms with Crippen LogP contribution in [0.1, 0.15) is 16.2 Å². The molecule has 0 saturated heterocycles. The molecule has 2 rings (SSSR count). The van der Waals surface area contributed by atoms with Crippen LogP contribution in [-0.2, 0) is 0 Å². The van der Waals surface area contributed by atoms with Gasteiger partial charge in [0.15, 0.2) is 5.69 Å². The molecule has 0 saturated carbocycles. The molecule has 0 spiro atoms. The van der Waals surface area contributed by atoms with Gasteiger partial charge in [0.05, 0.1) is 11.7 Å². The van der Waals surface area contributed by atoms with Crippen molar-refractivity contribution >= 4 is 5.97 Å². The third-order valence-electron chi connectivity index (χ3n) is 2.30. The van der Waals surface area contributed by atoms with E-state index in [1.807, 2.05) is 6.07 Å². The Morgan fingerprint density at radius 3 is 2.44 bits per heavy atom. The van der Waals surface area contributed by atoms with E-state index in [0.717, 1.165) is 0 Å². The Hall–Kier alpha value is -1.43. The minimum absolute atomic E-state index is 0. The summed E-state index contributed by atoms with van der Waals surface area (Å²) >= 11 is 0. The van der Waals surface area contributed by atoms with E-state index < -0.39 is 17.1 Å². The van der Waals surface area contributed by atoms with Crippen LogP contribution in [0.2, 0.25) is 0 Å². The number of carboxylic acid groups (broad SMARTS) is 1. The second-order valence-corrected chi connectivity index (χ2v) is 3.53. The van der Waals surface area contributed by atoms with Crippen molar-refractivity contribution < 1.29 is 39.5 Å². The molecule has 5 nitrogen and oxygen atoms in total. The summed E-state index contributed by atoms with van der Waals surface area (Å²) in [7, 11) is 0. The number of hydrogen-bond acceptors (Lipinski definition) is 4. The number of para-hydroxylation sites is 1. The summed E-state index contributed by atoms with van der Waals surface area (Å²) < 4.78 is 1.40. The molecule has 1 aromatic heterocycles. The first kappa shape index (κ1) is 14.6. The molecule has 0 amide bonds. The average Bonchev–Trinajstić information content (AvgIpc) is 2.29.